The zero-order valence-corrected chi connectivity index (χ0v) is 33.4. The fourth-order valence-corrected chi connectivity index (χ4v) is 8.59. The molecule has 0 radical (unpaired) electrons. The standard InChI is InChI=1S/C58H40N2O/c1-3-13-40(14-4-1)46-19-12-21-51(38-46)60(50-33-27-42(28-34-50)47-30-36-57-55(39-47)54-35-29-44-17-7-8-23-53(44)58(54)61-57)49-31-25-41(26-32-49)45-18-11-20-48(37-45)59-56-24-10-9-22-52(56)43-15-5-2-6-16-43/h1-39,59H. The van der Waals surface area contributed by atoms with Crippen LogP contribution in [0.5, 0.6) is 0 Å². The fraction of sp³-hybridized carbons (Fsp3) is 0. The number of rotatable bonds is 9. The first kappa shape index (κ1) is 36.0. The van der Waals surface area contributed by atoms with E-state index in [1.54, 1.807) is 0 Å². The number of nitrogens with one attached hydrogen (secondary N) is 1. The van der Waals surface area contributed by atoms with Gasteiger partial charge in [0.05, 0.1) is 0 Å². The number of para-hydroxylation sites is 1. The van der Waals surface area contributed by atoms with Gasteiger partial charge in [0.15, 0.2) is 0 Å². The molecule has 0 saturated carbocycles. The Morgan fingerprint density at radius 3 is 1.66 bits per heavy atom. The van der Waals surface area contributed by atoms with Crippen molar-refractivity contribution in [3.63, 3.8) is 0 Å². The minimum atomic E-state index is 0.899. The number of furan rings is 1. The molecule has 0 aliphatic carbocycles. The summed E-state index contributed by atoms with van der Waals surface area (Å²) in [5.41, 5.74) is 16.5. The first-order valence-electron chi connectivity index (χ1n) is 20.7. The average Bonchev–Trinajstić information content (AvgIpc) is 3.72. The van der Waals surface area contributed by atoms with Gasteiger partial charge in [-0.3, -0.25) is 0 Å². The van der Waals surface area contributed by atoms with Crippen LogP contribution in [0.15, 0.2) is 241 Å². The van der Waals surface area contributed by atoms with E-state index in [-0.39, 0.29) is 0 Å². The molecule has 1 N–H and O–H groups in total. The molecule has 11 rings (SSSR count). The lowest BCUT2D eigenvalue weighted by atomic mass is 10.0. The maximum Gasteiger partial charge on any atom is 0.143 e. The summed E-state index contributed by atoms with van der Waals surface area (Å²) in [4.78, 5) is 2.34. The van der Waals surface area contributed by atoms with Crippen molar-refractivity contribution in [3.05, 3.63) is 237 Å². The van der Waals surface area contributed by atoms with Gasteiger partial charge in [-0.15, -0.1) is 0 Å². The maximum absolute atomic E-state index is 6.42. The number of benzene rings is 10. The van der Waals surface area contributed by atoms with Crippen LogP contribution in [0.2, 0.25) is 0 Å². The Labute approximate surface area is 355 Å². The fourth-order valence-electron chi connectivity index (χ4n) is 8.59. The lowest BCUT2D eigenvalue weighted by Gasteiger charge is -2.26. The lowest BCUT2D eigenvalue weighted by molar-refractivity contribution is 0.672. The van der Waals surface area contributed by atoms with Gasteiger partial charge in [-0.25, -0.2) is 0 Å². The highest BCUT2D eigenvalue weighted by Crippen LogP contribution is 2.40. The molecule has 10 aromatic carbocycles. The van der Waals surface area contributed by atoms with Crippen molar-refractivity contribution >= 4 is 61.1 Å². The lowest BCUT2D eigenvalue weighted by Crippen LogP contribution is -2.10. The summed E-state index contributed by atoms with van der Waals surface area (Å²) in [5.74, 6) is 0. The van der Waals surface area contributed by atoms with Gasteiger partial charge < -0.3 is 14.6 Å². The molecule has 61 heavy (non-hydrogen) atoms. The van der Waals surface area contributed by atoms with Gasteiger partial charge in [-0.2, -0.15) is 0 Å². The molecule has 0 atom stereocenters. The summed E-state index contributed by atoms with van der Waals surface area (Å²) < 4.78 is 6.42. The normalized spacial score (nSPS) is 11.3. The maximum atomic E-state index is 6.42. The first-order chi connectivity index (χ1) is 30.2. The topological polar surface area (TPSA) is 28.4 Å². The highest BCUT2D eigenvalue weighted by atomic mass is 16.3. The van der Waals surface area contributed by atoms with Crippen molar-refractivity contribution in [1.82, 2.24) is 0 Å². The van der Waals surface area contributed by atoms with Crippen LogP contribution in [-0.4, -0.2) is 0 Å². The molecule has 0 spiro atoms. The van der Waals surface area contributed by atoms with Gasteiger partial charge in [0.25, 0.3) is 0 Å². The third-order valence-electron chi connectivity index (χ3n) is 11.6. The summed E-state index contributed by atoms with van der Waals surface area (Å²) in [6.45, 7) is 0. The molecule has 0 saturated heterocycles. The number of fused-ring (bicyclic) bond motifs is 5. The molecular formula is C58H40N2O. The molecule has 0 bridgehead atoms. The highest BCUT2D eigenvalue weighted by molar-refractivity contribution is 6.15. The second-order valence-electron chi connectivity index (χ2n) is 15.4. The molecule has 0 aliphatic heterocycles. The van der Waals surface area contributed by atoms with Crippen LogP contribution in [0.3, 0.4) is 0 Å². The molecule has 11 aromatic rings. The summed E-state index contributed by atoms with van der Waals surface area (Å²) in [7, 11) is 0. The van der Waals surface area contributed by atoms with E-state index >= 15 is 0 Å². The Kier molecular flexibility index (Phi) is 9.18. The van der Waals surface area contributed by atoms with E-state index in [1.165, 1.54) is 27.6 Å². The predicted octanol–water partition coefficient (Wildman–Crippen LogP) is 16.6. The SMILES string of the molecule is c1ccc(-c2cccc(N(c3ccc(-c4cccc(Nc5ccccc5-c5ccccc5)c4)cc3)c3ccc(-c4ccc5oc6c7ccccc7ccc6c5c4)cc3)c2)cc1. The highest BCUT2D eigenvalue weighted by Gasteiger charge is 2.16. The van der Waals surface area contributed by atoms with Crippen LogP contribution < -0.4 is 10.2 Å². The summed E-state index contributed by atoms with van der Waals surface area (Å²) >= 11 is 0. The zero-order chi connectivity index (χ0) is 40.5. The molecule has 0 amide bonds. The number of hydrogen-bond acceptors (Lipinski definition) is 3. The Bertz CT molecular complexity index is 3310. The van der Waals surface area contributed by atoms with Crippen molar-refractivity contribution in [2.24, 2.45) is 0 Å². The monoisotopic (exact) mass is 780 g/mol. The summed E-state index contributed by atoms with van der Waals surface area (Å²) in [6, 6.07) is 84.1. The van der Waals surface area contributed by atoms with E-state index in [9.17, 15) is 0 Å². The average molecular weight is 781 g/mol. The van der Waals surface area contributed by atoms with Gasteiger partial charge in [0.2, 0.25) is 0 Å². The quantitative estimate of drug-likeness (QED) is 0.158. The van der Waals surface area contributed by atoms with Crippen LogP contribution in [0.25, 0.3) is 77.2 Å². The molecule has 0 fully saturated rings. The number of hydrogen-bond donors (Lipinski definition) is 1. The van der Waals surface area contributed by atoms with E-state index < -0.39 is 0 Å². The van der Waals surface area contributed by atoms with Gasteiger partial charge in [0.1, 0.15) is 11.2 Å². The minimum Gasteiger partial charge on any atom is -0.455 e. The first-order valence-corrected chi connectivity index (χ1v) is 20.7. The van der Waals surface area contributed by atoms with Gasteiger partial charge in [-0.05, 0) is 117 Å². The van der Waals surface area contributed by atoms with Crippen molar-refractivity contribution in [1.29, 1.82) is 0 Å². The summed E-state index contributed by atoms with van der Waals surface area (Å²) in [6.07, 6.45) is 0. The van der Waals surface area contributed by atoms with Crippen LogP contribution in [-0.2, 0) is 0 Å². The Morgan fingerprint density at radius 2 is 0.902 bits per heavy atom. The van der Waals surface area contributed by atoms with E-state index in [0.29, 0.717) is 0 Å². The molecule has 3 heteroatoms. The van der Waals surface area contributed by atoms with Gasteiger partial charge in [-0.1, -0.05) is 164 Å². The smallest absolute Gasteiger partial charge is 0.143 e. The van der Waals surface area contributed by atoms with E-state index in [0.717, 1.165) is 78.0 Å². The molecule has 0 aliphatic rings. The molecule has 288 valence electrons. The Balaban J connectivity index is 0.930. The van der Waals surface area contributed by atoms with E-state index in [4.69, 9.17) is 4.42 Å². The van der Waals surface area contributed by atoms with Crippen LogP contribution in [0.4, 0.5) is 28.4 Å². The third-order valence-corrected chi connectivity index (χ3v) is 11.6. The second kappa shape index (κ2) is 15.6. The Morgan fingerprint density at radius 1 is 0.328 bits per heavy atom. The Hall–Kier alpha value is -8.14. The van der Waals surface area contributed by atoms with Crippen molar-refractivity contribution < 1.29 is 4.42 Å². The number of anilines is 5. The van der Waals surface area contributed by atoms with Crippen LogP contribution >= 0.6 is 0 Å². The van der Waals surface area contributed by atoms with Gasteiger partial charge in [0, 0.05) is 50.2 Å². The zero-order valence-electron chi connectivity index (χ0n) is 33.4. The van der Waals surface area contributed by atoms with Crippen molar-refractivity contribution in [3.8, 4) is 44.5 Å². The minimum absolute atomic E-state index is 0.899. The van der Waals surface area contributed by atoms with Crippen LogP contribution in [0.1, 0.15) is 0 Å². The second-order valence-corrected chi connectivity index (χ2v) is 15.4. The molecule has 3 nitrogen and oxygen atoms in total. The van der Waals surface area contributed by atoms with Crippen LogP contribution in [0, 0.1) is 0 Å². The predicted molar refractivity (Wildman–Crippen MR) is 257 cm³/mol. The van der Waals surface area contributed by atoms with E-state index in [1.807, 2.05) is 0 Å². The molecule has 0 unspecified atom stereocenters. The van der Waals surface area contributed by atoms with Crippen molar-refractivity contribution in [2.75, 3.05) is 10.2 Å². The number of nitrogens with zero attached hydrogens (tertiary/aromatic N) is 1. The largest absolute Gasteiger partial charge is 0.455 e. The molecular weight excluding hydrogens is 741 g/mol. The van der Waals surface area contributed by atoms with Crippen molar-refractivity contribution in [2.45, 2.75) is 0 Å². The third kappa shape index (κ3) is 6.98. The summed E-state index contributed by atoms with van der Waals surface area (Å²) in [5, 5.41) is 8.28. The molecule has 1 aromatic heterocycles. The van der Waals surface area contributed by atoms with E-state index in [2.05, 4.69) is 247 Å². The molecule has 1 heterocycles. The van der Waals surface area contributed by atoms with Gasteiger partial charge >= 0.3 is 0 Å².